The molecule has 1 aromatic carbocycles. The van der Waals surface area contributed by atoms with Crippen LogP contribution in [0.1, 0.15) is 93.7 Å². The smallest absolute Gasteiger partial charge is 0.330 e. The molecule has 18 nitrogen and oxygen atoms in total. The van der Waals surface area contributed by atoms with E-state index >= 15 is 0 Å². The summed E-state index contributed by atoms with van der Waals surface area (Å²) in [5.74, 6) is -1.23. The predicted octanol–water partition coefficient (Wildman–Crippen LogP) is 3.13. The average Bonchev–Trinajstić information content (AvgIpc) is 3.73. The molecule has 3 atom stereocenters. The summed E-state index contributed by atoms with van der Waals surface area (Å²) in [6.45, 7) is 5.59. The Balaban J connectivity index is 0.818. The van der Waals surface area contributed by atoms with E-state index in [9.17, 15) is 38.3 Å². The lowest BCUT2D eigenvalue weighted by molar-refractivity contribution is -0.139. The summed E-state index contributed by atoms with van der Waals surface area (Å²) in [6, 6.07) is 6.97. The number of carbonyl (C=O) groups is 4. The molecule has 5 aromatic rings. The first-order valence-electron chi connectivity index (χ1n) is 21.2. The molecule has 4 amide bonds. The van der Waals surface area contributed by atoms with Crippen molar-refractivity contribution in [1.82, 2.24) is 38.7 Å². The molecule has 3 aliphatic heterocycles. The fourth-order valence-electron chi connectivity index (χ4n) is 9.02. The van der Waals surface area contributed by atoms with Crippen molar-refractivity contribution in [2.75, 3.05) is 36.4 Å². The van der Waals surface area contributed by atoms with Gasteiger partial charge < -0.3 is 29.5 Å². The van der Waals surface area contributed by atoms with E-state index in [1.54, 1.807) is 36.3 Å². The number of amides is 4. The van der Waals surface area contributed by atoms with Crippen LogP contribution in [0.2, 0.25) is 0 Å². The first-order valence-corrected chi connectivity index (χ1v) is 21.2. The third-order valence-corrected chi connectivity index (χ3v) is 12.7. The lowest BCUT2D eigenvalue weighted by atomic mass is 9.87. The summed E-state index contributed by atoms with van der Waals surface area (Å²) >= 11 is 0. The van der Waals surface area contributed by atoms with E-state index in [-0.39, 0.29) is 60.9 Å². The monoisotopic (exact) mass is 852 g/mol. The van der Waals surface area contributed by atoms with Crippen LogP contribution in [0.3, 0.4) is 0 Å². The quantitative estimate of drug-likeness (QED) is 0.174. The third-order valence-electron chi connectivity index (χ3n) is 12.7. The van der Waals surface area contributed by atoms with Crippen LogP contribution in [0.15, 0.2) is 58.5 Å². The number of halogens is 1. The number of nitrogens with one attached hydrogen (secondary N) is 2. The first kappa shape index (κ1) is 41.0. The van der Waals surface area contributed by atoms with E-state index in [1.807, 2.05) is 30.8 Å². The number of carbonyl (C=O) groups excluding carboxylic acids is 4. The number of aromatic nitrogens is 6. The van der Waals surface area contributed by atoms with Crippen molar-refractivity contribution in [2.45, 2.75) is 101 Å². The molecule has 4 fully saturated rings. The molecule has 62 heavy (non-hydrogen) atoms. The minimum atomic E-state index is -1.19. The normalized spacial score (nSPS) is 21.7. The summed E-state index contributed by atoms with van der Waals surface area (Å²) in [4.78, 5) is 86.2. The van der Waals surface area contributed by atoms with Crippen LogP contribution < -0.4 is 31.5 Å². The van der Waals surface area contributed by atoms with Gasteiger partial charge in [-0.05, 0) is 70.2 Å². The molecule has 1 aliphatic carbocycles. The maximum atomic E-state index is 13.7. The minimum absolute atomic E-state index is 0.00497. The number of alkyl halides is 1. The highest BCUT2D eigenvalue weighted by atomic mass is 19.1. The van der Waals surface area contributed by atoms with Gasteiger partial charge in [0.1, 0.15) is 23.7 Å². The summed E-state index contributed by atoms with van der Waals surface area (Å²) < 4.78 is 25.7. The first-order chi connectivity index (χ1) is 29.7. The Hall–Kier alpha value is -6.37. The zero-order chi connectivity index (χ0) is 43.6. The van der Waals surface area contributed by atoms with Crippen LogP contribution in [-0.2, 0) is 21.4 Å². The number of anilines is 2. The number of hydrogen-bond donors (Lipinski definition) is 3. The summed E-state index contributed by atoms with van der Waals surface area (Å²) in [6.07, 6.45) is 6.30. The number of imidazole rings is 1. The molecule has 0 radical (unpaired) electrons. The zero-order valence-corrected chi connectivity index (χ0v) is 34.8. The molecule has 3 saturated heterocycles. The van der Waals surface area contributed by atoms with Gasteiger partial charge in [0.15, 0.2) is 5.65 Å². The maximum Gasteiger partial charge on any atom is 0.330 e. The van der Waals surface area contributed by atoms with Gasteiger partial charge in [-0.25, -0.2) is 14.2 Å². The van der Waals surface area contributed by atoms with Crippen LogP contribution in [0.5, 0.6) is 5.75 Å². The number of pyridine rings is 2. The van der Waals surface area contributed by atoms with E-state index < -0.39 is 46.9 Å². The van der Waals surface area contributed by atoms with E-state index in [0.717, 1.165) is 5.69 Å². The molecule has 1 unspecified atom stereocenters. The molecule has 1 saturated carbocycles. The molecule has 19 heteroatoms. The van der Waals surface area contributed by atoms with Crippen molar-refractivity contribution in [2.24, 2.45) is 7.05 Å². The van der Waals surface area contributed by atoms with Gasteiger partial charge >= 0.3 is 5.69 Å². The lowest BCUT2D eigenvalue weighted by Gasteiger charge is -2.40. The second kappa shape index (κ2) is 15.8. The Labute approximate surface area is 354 Å². The van der Waals surface area contributed by atoms with Crippen LogP contribution >= 0.6 is 0 Å². The molecule has 3 N–H and O–H groups in total. The number of ether oxygens (including phenoxy) is 1. The van der Waals surface area contributed by atoms with Crippen molar-refractivity contribution in [1.29, 1.82) is 0 Å². The van der Waals surface area contributed by atoms with Crippen LogP contribution in [0, 0.1) is 0 Å². The number of piperidine rings is 3. The Morgan fingerprint density at radius 2 is 1.81 bits per heavy atom. The van der Waals surface area contributed by atoms with Crippen LogP contribution in [0.4, 0.5) is 15.8 Å². The molecule has 4 aromatic heterocycles. The topological polar surface area (TPSA) is 208 Å². The Morgan fingerprint density at radius 3 is 2.50 bits per heavy atom. The van der Waals surface area contributed by atoms with Crippen molar-refractivity contribution in [3.05, 3.63) is 75.3 Å². The van der Waals surface area contributed by atoms with Gasteiger partial charge in [-0.2, -0.15) is 5.10 Å². The highest BCUT2D eigenvalue weighted by Gasteiger charge is 2.40. The van der Waals surface area contributed by atoms with Gasteiger partial charge in [0, 0.05) is 69.9 Å². The van der Waals surface area contributed by atoms with E-state index in [2.05, 4.69) is 20.5 Å². The van der Waals surface area contributed by atoms with Gasteiger partial charge in [0.05, 0.1) is 58.7 Å². The minimum Gasteiger partial charge on any atom is -0.490 e. The summed E-state index contributed by atoms with van der Waals surface area (Å²) in [7, 11) is 1.62. The van der Waals surface area contributed by atoms with Gasteiger partial charge in [0.25, 0.3) is 11.5 Å². The Kier molecular flexibility index (Phi) is 10.5. The number of benzene rings is 1. The van der Waals surface area contributed by atoms with Crippen LogP contribution in [-0.4, -0.2) is 106 Å². The van der Waals surface area contributed by atoms with Gasteiger partial charge in [-0.3, -0.25) is 43.1 Å². The molecule has 4 aliphatic rings. The SMILES string of the molecule is CC(C)Oc1cc2nn(C3CCN(C(=O)CC4(O)CCN(c5cnc6c(c5)n(C)c(=O)n6C5CCC(=O)NC5=O)CC4)CC3)cc2cc1C(=O)Nc1cccn([C@H]2C[C@H]2F)c1=O. The van der Waals surface area contributed by atoms with Gasteiger partial charge in [-0.15, -0.1) is 0 Å². The molecule has 7 heterocycles. The number of likely N-dealkylation sites (tertiary alicyclic amines) is 1. The lowest BCUT2D eigenvalue weighted by Crippen LogP contribution is -2.48. The molecule has 326 valence electrons. The van der Waals surface area contributed by atoms with Crippen molar-refractivity contribution in [3.8, 4) is 5.75 Å². The van der Waals surface area contributed by atoms with Crippen molar-refractivity contribution < 1.29 is 33.4 Å². The molecular weight excluding hydrogens is 804 g/mol. The highest BCUT2D eigenvalue weighted by molar-refractivity contribution is 6.08. The Bertz CT molecular complexity index is 2740. The number of aliphatic hydroxyl groups is 1. The van der Waals surface area contributed by atoms with Crippen LogP contribution in [0.25, 0.3) is 22.1 Å². The fraction of sp³-hybridized carbons (Fsp3) is 0.488. The summed E-state index contributed by atoms with van der Waals surface area (Å²) in [5, 5.41) is 22.1. The number of nitrogens with zero attached hydrogens (tertiary/aromatic N) is 8. The number of rotatable bonds is 10. The third kappa shape index (κ3) is 7.73. The van der Waals surface area contributed by atoms with Crippen molar-refractivity contribution >= 4 is 57.1 Å². The number of fused-ring (bicyclic) bond motifs is 2. The highest BCUT2D eigenvalue weighted by Crippen LogP contribution is 2.38. The van der Waals surface area contributed by atoms with E-state index in [4.69, 9.17) is 9.84 Å². The molecule has 9 rings (SSSR count). The fourth-order valence-corrected chi connectivity index (χ4v) is 9.02. The zero-order valence-electron chi connectivity index (χ0n) is 34.8. The Morgan fingerprint density at radius 1 is 1.06 bits per heavy atom. The second-order valence-electron chi connectivity index (χ2n) is 17.3. The number of hydrogen-bond acceptors (Lipinski definition) is 11. The molecule has 0 spiro atoms. The van der Waals surface area contributed by atoms with Gasteiger partial charge in [0.2, 0.25) is 17.7 Å². The number of aryl methyl sites for hydroxylation is 1. The average molecular weight is 853 g/mol. The standard InChI is InChI=1S/C43H49FN10O8/c1-24(2)62-35-20-31-25(17-28(35)39(57)46-30-5-4-12-52(41(30)59)33-19-29(33)44)23-53(48-31)26-8-13-51(14-9-26)37(56)21-43(61)10-15-50(16-11-43)27-18-34-38(45-22-27)54(42(60)49(34)3)32-6-7-36(55)47-40(32)58/h4-5,12,17-18,20,22-24,26,29,32-33,61H,6-11,13-16,19,21H2,1-3H3,(H,46,57)(H,47,55,58)/t29-,32?,33+/m1/s1. The largest absolute Gasteiger partial charge is 0.490 e. The molecule has 0 bridgehead atoms. The number of imide groups is 1. The molecular formula is C43H49FN10O8. The second-order valence-corrected chi connectivity index (χ2v) is 17.3. The maximum absolute atomic E-state index is 13.7. The van der Waals surface area contributed by atoms with Gasteiger partial charge in [-0.1, -0.05) is 0 Å². The van der Waals surface area contributed by atoms with E-state index in [1.165, 1.54) is 26.0 Å². The predicted molar refractivity (Wildman–Crippen MR) is 225 cm³/mol. The summed E-state index contributed by atoms with van der Waals surface area (Å²) in [5.41, 5.74) is 0.485. The van der Waals surface area contributed by atoms with E-state index in [0.29, 0.717) is 79.7 Å². The van der Waals surface area contributed by atoms with Crippen molar-refractivity contribution in [3.63, 3.8) is 0 Å².